The first-order valence-electron chi connectivity index (χ1n) is 7.38. The number of rotatable bonds is 3. The van der Waals surface area contributed by atoms with E-state index in [1.165, 1.54) is 18.9 Å². The van der Waals surface area contributed by atoms with Crippen LogP contribution < -0.4 is 4.90 Å². The number of carbonyl (C=O) groups excluding carboxylic acids is 1. The largest absolute Gasteiger partial charge is 0.453 e. The summed E-state index contributed by atoms with van der Waals surface area (Å²) < 4.78 is 19.7. The molecule has 1 fully saturated rings. The molecule has 0 saturated carbocycles. The van der Waals surface area contributed by atoms with E-state index in [2.05, 4.69) is 4.90 Å². The first-order chi connectivity index (χ1) is 10.3. The number of benzene rings is 1. The van der Waals surface area contributed by atoms with Crippen LogP contribution in [-0.2, 0) is 0 Å². The van der Waals surface area contributed by atoms with Gasteiger partial charge in [-0.05, 0) is 43.2 Å². The summed E-state index contributed by atoms with van der Waals surface area (Å²) in [6, 6.07) is 8.40. The van der Waals surface area contributed by atoms with Crippen molar-refractivity contribution in [1.82, 2.24) is 0 Å². The van der Waals surface area contributed by atoms with Crippen LogP contribution in [0.1, 0.15) is 36.2 Å². The van der Waals surface area contributed by atoms with E-state index in [9.17, 15) is 9.18 Å². The van der Waals surface area contributed by atoms with Gasteiger partial charge in [-0.3, -0.25) is 4.79 Å². The molecule has 0 unspecified atom stereocenters. The zero-order valence-corrected chi connectivity index (χ0v) is 11.8. The molecule has 0 amide bonds. The van der Waals surface area contributed by atoms with Gasteiger partial charge in [0.25, 0.3) is 0 Å². The average Bonchev–Trinajstić information content (AvgIpc) is 2.82. The molecule has 0 radical (unpaired) electrons. The van der Waals surface area contributed by atoms with Crippen molar-refractivity contribution >= 4 is 12.0 Å². The summed E-state index contributed by atoms with van der Waals surface area (Å²) in [5.41, 5.74) is 1.31. The Balaban J connectivity index is 1.86. The Labute approximate surface area is 123 Å². The molecular formula is C17H18FNO2. The fourth-order valence-electron chi connectivity index (χ4n) is 2.80. The maximum absolute atomic E-state index is 14.4. The number of halogens is 1. The summed E-state index contributed by atoms with van der Waals surface area (Å²) in [7, 11) is 0. The Hall–Kier alpha value is -2.10. The first-order valence-corrected chi connectivity index (χ1v) is 7.38. The third-order valence-electron chi connectivity index (χ3n) is 3.92. The highest BCUT2D eigenvalue weighted by Crippen LogP contribution is 2.29. The van der Waals surface area contributed by atoms with E-state index < -0.39 is 0 Å². The number of hydrogen-bond acceptors (Lipinski definition) is 3. The molecule has 1 aliphatic rings. The highest BCUT2D eigenvalue weighted by molar-refractivity contribution is 5.73. The molecule has 1 aromatic carbocycles. The number of aldehydes is 1. The normalized spacial score (nSPS) is 15.8. The number of hydrogen-bond donors (Lipinski definition) is 0. The fourth-order valence-corrected chi connectivity index (χ4v) is 2.80. The van der Waals surface area contributed by atoms with Gasteiger partial charge in [-0.1, -0.05) is 12.8 Å². The lowest BCUT2D eigenvalue weighted by Crippen LogP contribution is -2.24. The lowest BCUT2D eigenvalue weighted by Gasteiger charge is -2.23. The van der Waals surface area contributed by atoms with Crippen LogP contribution in [0, 0.1) is 5.82 Å². The Morgan fingerprint density at radius 3 is 2.43 bits per heavy atom. The van der Waals surface area contributed by atoms with Gasteiger partial charge in [0.15, 0.2) is 12.0 Å². The molecule has 110 valence electrons. The van der Waals surface area contributed by atoms with Crippen molar-refractivity contribution in [2.45, 2.75) is 25.7 Å². The quantitative estimate of drug-likeness (QED) is 0.790. The number of nitrogens with zero attached hydrogens (tertiary/aromatic N) is 1. The Morgan fingerprint density at radius 2 is 1.81 bits per heavy atom. The van der Waals surface area contributed by atoms with Crippen LogP contribution in [0.2, 0.25) is 0 Å². The Morgan fingerprint density at radius 1 is 1.05 bits per heavy atom. The molecule has 2 heterocycles. The van der Waals surface area contributed by atoms with Gasteiger partial charge in [0.1, 0.15) is 11.6 Å². The number of anilines is 1. The topological polar surface area (TPSA) is 33.5 Å². The molecule has 0 N–H and O–H groups in total. The molecule has 2 aromatic rings. The third kappa shape index (κ3) is 2.99. The van der Waals surface area contributed by atoms with E-state index in [0.29, 0.717) is 23.3 Å². The summed E-state index contributed by atoms with van der Waals surface area (Å²) in [6.45, 7) is 1.82. The van der Waals surface area contributed by atoms with E-state index in [4.69, 9.17) is 4.42 Å². The molecule has 4 heteroatoms. The van der Waals surface area contributed by atoms with Gasteiger partial charge in [-0.25, -0.2) is 4.39 Å². The van der Waals surface area contributed by atoms with Gasteiger partial charge in [-0.15, -0.1) is 0 Å². The van der Waals surface area contributed by atoms with Crippen LogP contribution in [0.15, 0.2) is 34.7 Å². The molecule has 3 rings (SSSR count). The van der Waals surface area contributed by atoms with Crippen molar-refractivity contribution in [3.63, 3.8) is 0 Å². The molecule has 1 saturated heterocycles. The van der Waals surface area contributed by atoms with E-state index >= 15 is 0 Å². The summed E-state index contributed by atoms with van der Waals surface area (Å²) in [4.78, 5) is 12.8. The van der Waals surface area contributed by atoms with Gasteiger partial charge in [0, 0.05) is 18.7 Å². The summed E-state index contributed by atoms with van der Waals surface area (Å²) in [5, 5.41) is 0. The molecule has 3 nitrogen and oxygen atoms in total. The number of carbonyl (C=O) groups is 1. The highest BCUT2D eigenvalue weighted by atomic mass is 19.1. The van der Waals surface area contributed by atoms with Crippen LogP contribution in [0.25, 0.3) is 11.3 Å². The van der Waals surface area contributed by atoms with Crippen molar-refractivity contribution in [3.05, 3.63) is 41.9 Å². The second-order valence-corrected chi connectivity index (χ2v) is 5.39. The first kappa shape index (κ1) is 13.9. The lowest BCUT2D eigenvalue weighted by atomic mass is 10.1. The van der Waals surface area contributed by atoms with Crippen LogP contribution in [0.5, 0.6) is 0 Å². The monoisotopic (exact) mass is 287 g/mol. The lowest BCUT2D eigenvalue weighted by molar-refractivity contribution is 0.110. The predicted octanol–water partition coefficient (Wildman–Crippen LogP) is 4.28. The SMILES string of the molecule is O=Cc1ccc(-c2ccc(N3CCCCCC3)c(F)c2)o1. The smallest absolute Gasteiger partial charge is 0.185 e. The van der Waals surface area contributed by atoms with Crippen LogP contribution in [0.4, 0.5) is 10.1 Å². The van der Waals surface area contributed by atoms with Crippen LogP contribution >= 0.6 is 0 Å². The highest BCUT2D eigenvalue weighted by Gasteiger charge is 2.15. The van der Waals surface area contributed by atoms with Crippen molar-refractivity contribution in [3.8, 4) is 11.3 Å². The Bertz CT molecular complexity index is 627. The molecule has 21 heavy (non-hydrogen) atoms. The summed E-state index contributed by atoms with van der Waals surface area (Å²) >= 11 is 0. The van der Waals surface area contributed by atoms with Crippen molar-refractivity contribution in [2.75, 3.05) is 18.0 Å². The standard InChI is InChI=1S/C17H18FNO2/c18-15-11-13(17-8-6-14(12-20)21-17)5-7-16(15)19-9-3-1-2-4-10-19/h5-8,11-12H,1-4,9-10H2. The zero-order chi connectivity index (χ0) is 14.7. The van der Waals surface area contributed by atoms with E-state index in [-0.39, 0.29) is 11.6 Å². The maximum Gasteiger partial charge on any atom is 0.185 e. The second kappa shape index (κ2) is 6.12. The van der Waals surface area contributed by atoms with Gasteiger partial charge >= 0.3 is 0 Å². The second-order valence-electron chi connectivity index (χ2n) is 5.39. The van der Waals surface area contributed by atoms with Gasteiger partial charge < -0.3 is 9.32 Å². The minimum Gasteiger partial charge on any atom is -0.453 e. The Kier molecular flexibility index (Phi) is 4.04. The van der Waals surface area contributed by atoms with Crippen molar-refractivity contribution in [2.24, 2.45) is 0 Å². The van der Waals surface area contributed by atoms with E-state index in [1.54, 1.807) is 18.2 Å². The average molecular weight is 287 g/mol. The van der Waals surface area contributed by atoms with Gasteiger partial charge in [-0.2, -0.15) is 0 Å². The molecular weight excluding hydrogens is 269 g/mol. The predicted molar refractivity (Wildman–Crippen MR) is 80.2 cm³/mol. The molecule has 0 bridgehead atoms. The van der Waals surface area contributed by atoms with Crippen LogP contribution in [-0.4, -0.2) is 19.4 Å². The zero-order valence-electron chi connectivity index (χ0n) is 11.8. The fraction of sp³-hybridized carbons (Fsp3) is 0.353. The summed E-state index contributed by atoms with van der Waals surface area (Å²) in [5.74, 6) is 0.527. The minimum atomic E-state index is -0.238. The van der Waals surface area contributed by atoms with Gasteiger partial charge in [0.2, 0.25) is 0 Å². The molecule has 1 aromatic heterocycles. The summed E-state index contributed by atoms with van der Waals surface area (Å²) in [6.07, 6.45) is 5.31. The van der Waals surface area contributed by atoms with E-state index in [1.807, 2.05) is 6.07 Å². The minimum absolute atomic E-state index is 0.238. The maximum atomic E-state index is 14.4. The molecule has 0 atom stereocenters. The number of furan rings is 1. The van der Waals surface area contributed by atoms with Crippen LogP contribution in [0.3, 0.4) is 0 Å². The van der Waals surface area contributed by atoms with Gasteiger partial charge in [0.05, 0.1) is 5.69 Å². The van der Waals surface area contributed by atoms with Crippen molar-refractivity contribution in [1.29, 1.82) is 0 Å². The molecule has 0 spiro atoms. The third-order valence-corrected chi connectivity index (χ3v) is 3.92. The van der Waals surface area contributed by atoms with E-state index in [0.717, 1.165) is 25.9 Å². The van der Waals surface area contributed by atoms with Crippen molar-refractivity contribution < 1.29 is 13.6 Å². The molecule has 0 aliphatic carbocycles. The molecule has 1 aliphatic heterocycles.